The Kier molecular flexibility index (Phi) is 4.22. The van der Waals surface area contributed by atoms with E-state index in [1.54, 1.807) is 6.20 Å². The molecule has 0 radical (unpaired) electrons. The lowest BCUT2D eigenvalue weighted by Gasteiger charge is -2.11. The predicted octanol–water partition coefficient (Wildman–Crippen LogP) is 2.94. The van der Waals surface area contributed by atoms with Gasteiger partial charge in [0, 0.05) is 17.8 Å². The minimum Gasteiger partial charge on any atom is -0.494 e. The molecule has 4 heteroatoms. The molecule has 0 amide bonds. The van der Waals surface area contributed by atoms with Gasteiger partial charge in [-0.3, -0.25) is 4.68 Å². The largest absolute Gasteiger partial charge is 0.494 e. The third kappa shape index (κ3) is 3.15. The highest BCUT2D eigenvalue weighted by Gasteiger charge is 2.14. The maximum atomic E-state index is 10.4. The van der Waals surface area contributed by atoms with E-state index in [0.29, 0.717) is 6.61 Å². The monoisotopic (exact) mass is 260 g/mol. The SMILES string of the molecule is CCOc1cccc(C(O)c2cnn(C(C)C)c2)c1. The van der Waals surface area contributed by atoms with Gasteiger partial charge in [0.05, 0.1) is 12.8 Å². The Labute approximate surface area is 113 Å². The molecule has 0 bridgehead atoms. The molecule has 1 N–H and O–H groups in total. The fourth-order valence-electron chi connectivity index (χ4n) is 1.91. The first kappa shape index (κ1) is 13.6. The van der Waals surface area contributed by atoms with Crippen molar-refractivity contribution in [1.29, 1.82) is 0 Å². The summed E-state index contributed by atoms with van der Waals surface area (Å²) in [6.07, 6.45) is 2.91. The summed E-state index contributed by atoms with van der Waals surface area (Å²) in [7, 11) is 0. The predicted molar refractivity (Wildman–Crippen MR) is 74.3 cm³/mol. The highest BCUT2D eigenvalue weighted by Crippen LogP contribution is 2.25. The molecule has 0 spiro atoms. The van der Waals surface area contributed by atoms with Gasteiger partial charge in [-0.1, -0.05) is 12.1 Å². The molecule has 0 aliphatic rings. The summed E-state index contributed by atoms with van der Waals surface area (Å²) in [6, 6.07) is 7.81. The molecule has 2 aromatic rings. The standard InChI is InChI=1S/C15H20N2O2/c1-4-19-14-7-5-6-12(8-14)15(18)13-9-16-17(10-13)11(2)3/h5-11,15,18H,4H2,1-3H3. The summed E-state index contributed by atoms with van der Waals surface area (Å²) in [5.74, 6) is 0.773. The van der Waals surface area contributed by atoms with Crippen molar-refractivity contribution in [3.05, 3.63) is 47.8 Å². The lowest BCUT2D eigenvalue weighted by molar-refractivity contribution is 0.219. The number of hydrogen-bond donors (Lipinski definition) is 1. The second-order valence-electron chi connectivity index (χ2n) is 4.76. The van der Waals surface area contributed by atoms with Gasteiger partial charge in [0.2, 0.25) is 0 Å². The van der Waals surface area contributed by atoms with E-state index in [2.05, 4.69) is 18.9 Å². The first-order valence-corrected chi connectivity index (χ1v) is 6.56. The van der Waals surface area contributed by atoms with E-state index in [0.717, 1.165) is 16.9 Å². The highest BCUT2D eigenvalue weighted by atomic mass is 16.5. The Morgan fingerprint density at radius 2 is 2.11 bits per heavy atom. The number of nitrogens with zero attached hydrogens (tertiary/aromatic N) is 2. The van der Waals surface area contributed by atoms with E-state index in [9.17, 15) is 5.11 Å². The van der Waals surface area contributed by atoms with Crippen molar-refractivity contribution < 1.29 is 9.84 Å². The van der Waals surface area contributed by atoms with Crippen molar-refractivity contribution in [2.24, 2.45) is 0 Å². The number of ether oxygens (including phenoxy) is 1. The molecule has 0 saturated heterocycles. The van der Waals surface area contributed by atoms with E-state index >= 15 is 0 Å². The average Bonchev–Trinajstić information content (AvgIpc) is 2.88. The van der Waals surface area contributed by atoms with Crippen LogP contribution in [0.3, 0.4) is 0 Å². The van der Waals surface area contributed by atoms with E-state index in [4.69, 9.17) is 4.74 Å². The van der Waals surface area contributed by atoms with Gasteiger partial charge in [0.25, 0.3) is 0 Å². The molecule has 102 valence electrons. The van der Waals surface area contributed by atoms with E-state index in [-0.39, 0.29) is 6.04 Å². The molecule has 0 fully saturated rings. The molecule has 0 aliphatic heterocycles. The summed E-state index contributed by atoms with van der Waals surface area (Å²) in [4.78, 5) is 0. The van der Waals surface area contributed by atoms with Crippen molar-refractivity contribution in [3.63, 3.8) is 0 Å². The minimum absolute atomic E-state index is 0.288. The number of benzene rings is 1. The quantitative estimate of drug-likeness (QED) is 0.899. The van der Waals surface area contributed by atoms with Crippen LogP contribution in [0.2, 0.25) is 0 Å². The van der Waals surface area contributed by atoms with Crippen LogP contribution in [0, 0.1) is 0 Å². The van der Waals surface area contributed by atoms with Gasteiger partial charge in [-0.15, -0.1) is 0 Å². The molecule has 0 saturated carbocycles. The Bertz CT molecular complexity index is 534. The average molecular weight is 260 g/mol. The lowest BCUT2D eigenvalue weighted by Crippen LogP contribution is -2.02. The van der Waals surface area contributed by atoms with Gasteiger partial charge < -0.3 is 9.84 Å². The normalized spacial score (nSPS) is 12.7. The number of aliphatic hydroxyl groups is 1. The zero-order chi connectivity index (χ0) is 13.8. The van der Waals surface area contributed by atoms with Crippen LogP contribution in [0.1, 0.15) is 44.0 Å². The molecule has 1 aromatic carbocycles. The van der Waals surface area contributed by atoms with Crippen molar-refractivity contribution in [3.8, 4) is 5.75 Å². The molecule has 19 heavy (non-hydrogen) atoms. The number of hydrogen-bond acceptors (Lipinski definition) is 3. The van der Waals surface area contributed by atoms with Crippen molar-refractivity contribution in [2.75, 3.05) is 6.61 Å². The van der Waals surface area contributed by atoms with Gasteiger partial charge in [-0.2, -0.15) is 5.10 Å². The smallest absolute Gasteiger partial charge is 0.119 e. The van der Waals surface area contributed by atoms with Crippen LogP contribution in [0.25, 0.3) is 0 Å². The fraction of sp³-hybridized carbons (Fsp3) is 0.400. The number of rotatable bonds is 5. The van der Waals surface area contributed by atoms with Crippen LogP contribution < -0.4 is 4.74 Å². The van der Waals surface area contributed by atoms with E-state index in [1.807, 2.05) is 42.1 Å². The topological polar surface area (TPSA) is 47.3 Å². The van der Waals surface area contributed by atoms with Crippen LogP contribution in [0.4, 0.5) is 0 Å². The van der Waals surface area contributed by atoms with Gasteiger partial charge in [0.15, 0.2) is 0 Å². The van der Waals surface area contributed by atoms with E-state index < -0.39 is 6.10 Å². The molecule has 1 unspecified atom stereocenters. The Morgan fingerprint density at radius 3 is 2.74 bits per heavy atom. The molecule has 0 aliphatic carbocycles. The first-order valence-electron chi connectivity index (χ1n) is 6.56. The Balaban J connectivity index is 2.22. The number of aromatic nitrogens is 2. The molecule has 1 heterocycles. The zero-order valence-corrected chi connectivity index (χ0v) is 11.6. The van der Waals surface area contributed by atoms with Gasteiger partial charge in [0.1, 0.15) is 11.9 Å². The van der Waals surface area contributed by atoms with Gasteiger partial charge >= 0.3 is 0 Å². The summed E-state index contributed by atoms with van der Waals surface area (Å²) in [6.45, 7) is 6.67. The molecule has 4 nitrogen and oxygen atoms in total. The third-order valence-corrected chi connectivity index (χ3v) is 2.95. The summed E-state index contributed by atoms with van der Waals surface area (Å²) in [5.41, 5.74) is 1.61. The van der Waals surface area contributed by atoms with Crippen LogP contribution in [-0.4, -0.2) is 21.5 Å². The summed E-state index contributed by atoms with van der Waals surface area (Å²) >= 11 is 0. The molecule has 1 aromatic heterocycles. The van der Waals surface area contributed by atoms with Crippen LogP contribution in [0.5, 0.6) is 5.75 Å². The van der Waals surface area contributed by atoms with Crippen molar-refractivity contribution in [2.45, 2.75) is 32.9 Å². The maximum absolute atomic E-state index is 10.4. The number of aliphatic hydroxyl groups excluding tert-OH is 1. The first-order chi connectivity index (χ1) is 9.11. The third-order valence-electron chi connectivity index (χ3n) is 2.95. The Hall–Kier alpha value is -1.81. The minimum atomic E-state index is -0.673. The van der Waals surface area contributed by atoms with E-state index in [1.165, 1.54) is 0 Å². The molecular weight excluding hydrogens is 240 g/mol. The van der Waals surface area contributed by atoms with Gasteiger partial charge in [-0.25, -0.2) is 0 Å². The van der Waals surface area contributed by atoms with Crippen LogP contribution in [0.15, 0.2) is 36.7 Å². The fourth-order valence-corrected chi connectivity index (χ4v) is 1.91. The molecule has 1 atom stereocenters. The van der Waals surface area contributed by atoms with Gasteiger partial charge in [-0.05, 0) is 38.5 Å². The Morgan fingerprint density at radius 1 is 1.32 bits per heavy atom. The summed E-state index contributed by atoms with van der Waals surface area (Å²) < 4.78 is 7.28. The molecular formula is C15H20N2O2. The lowest BCUT2D eigenvalue weighted by atomic mass is 10.0. The van der Waals surface area contributed by atoms with Crippen LogP contribution >= 0.6 is 0 Å². The highest BCUT2D eigenvalue weighted by molar-refractivity contribution is 5.34. The zero-order valence-electron chi connectivity index (χ0n) is 11.6. The second kappa shape index (κ2) is 5.89. The van der Waals surface area contributed by atoms with Crippen molar-refractivity contribution >= 4 is 0 Å². The summed E-state index contributed by atoms with van der Waals surface area (Å²) in [5, 5.41) is 14.6. The maximum Gasteiger partial charge on any atom is 0.119 e. The molecule has 2 rings (SSSR count). The van der Waals surface area contributed by atoms with Crippen molar-refractivity contribution in [1.82, 2.24) is 9.78 Å². The second-order valence-corrected chi connectivity index (χ2v) is 4.76. The van der Waals surface area contributed by atoms with Crippen LogP contribution in [-0.2, 0) is 0 Å².